The summed E-state index contributed by atoms with van der Waals surface area (Å²) in [6.07, 6.45) is 0. The molecule has 2 nitrogen and oxygen atoms in total. The van der Waals surface area contributed by atoms with Crippen molar-refractivity contribution in [1.29, 1.82) is 0 Å². The van der Waals surface area contributed by atoms with E-state index in [0.29, 0.717) is 5.69 Å². The molecular formula is C10H15NOS. The van der Waals surface area contributed by atoms with E-state index in [4.69, 9.17) is 5.73 Å². The maximum Gasteiger partial charge on any atom is 0.176 e. The molecule has 0 spiro atoms. The zero-order valence-electron chi connectivity index (χ0n) is 8.20. The van der Waals surface area contributed by atoms with Crippen LogP contribution in [0.5, 0.6) is 0 Å². The van der Waals surface area contributed by atoms with Gasteiger partial charge in [-0.05, 0) is 44.1 Å². The lowest BCUT2D eigenvalue weighted by molar-refractivity contribution is 0.560. The number of hydrogen-bond acceptors (Lipinski definition) is 2. The van der Waals surface area contributed by atoms with E-state index in [9.17, 15) is 4.55 Å². The predicted molar refractivity (Wildman–Crippen MR) is 57.0 cm³/mol. The molecule has 0 heterocycles. The quantitative estimate of drug-likeness (QED) is 0.554. The van der Waals surface area contributed by atoms with Gasteiger partial charge in [0.15, 0.2) is 4.90 Å². The van der Waals surface area contributed by atoms with Crippen molar-refractivity contribution in [2.45, 2.75) is 30.4 Å². The zero-order valence-corrected chi connectivity index (χ0v) is 9.02. The van der Waals surface area contributed by atoms with Gasteiger partial charge in [-0.2, -0.15) is 0 Å². The van der Waals surface area contributed by atoms with Crippen molar-refractivity contribution in [2.24, 2.45) is 0 Å². The van der Waals surface area contributed by atoms with Crippen molar-refractivity contribution in [3.05, 3.63) is 24.3 Å². The monoisotopic (exact) mass is 197 g/mol. The minimum absolute atomic E-state index is 0.254. The number of hydrogen-bond donors (Lipinski definition) is 1. The fraction of sp³-hybridized carbons (Fsp3) is 0.400. The molecule has 0 saturated heterocycles. The molecule has 0 aliphatic heterocycles. The summed E-state index contributed by atoms with van der Waals surface area (Å²) in [4.78, 5) is 0.731. The Labute approximate surface area is 82.3 Å². The molecule has 2 N–H and O–H groups in total. The normalized spacial score (nSPS) is 14.2. The zero-order chi connectivity index (χ0) is 10.1. The Bertz CT molecular complexity index is 293. The van der Waals surface area contributed by atoms with E-state index < -0.39 is 11.2 Å². The Balaban J connectivity index is 3.02. The molecule has 0 radical (unpaired) electrons. The van der Waals surface area contributed by atoms with Crippen LogP contribution in [0.2, 0.25) is 0 Å². The summed E-state index contributed by atoms with van der Waals surface area (Å²) in [7, 11) is 0. The maximum atomic E-state index is 11.9. The van der Waals surface area contributed by atoms with Gasteiger partial charge in [-0.25, -0.2) is 0 Å². The van der Waals surface area contributed by atoms with Crippen LogP contribution in [-0.4, -0.2) is 9.30 Å². The summed E-state index contributed by atoms with van der Waals surface area (Å²) in [5, 5.41) is 0. The molecule has 1 aromatic rings. The minimum atomic E-state index is -1.04. The van der Waals surface area contributed by atoms with Crippen LogP contribution in [0.15, 0.2) is 29.2 Å². The molecule has 0 fully saturated rings. The van der Waals surface area contributed by atoms with Gasteiger partial charge in [-0.1, -0.05) is 12.1 Å². The fourth-order valence-electron chi connectivity index (χ4n) is 0.979. The Morgan fingerprint density at radius 1 is 1.23 bits per heavy atom. The van der Waals surface area contributed by atoms with Crippen molar-refractivity contribution in [3.63, 3.8) is 0 Å². The summed E-state index contributed by atoms with van der Waals surface area (Å²) in [5.74, 6) is 0. The number of nitrogen functional groups attached to an aromatic ring is 1. The molecule has 3 heteroatoms. The number of rotatable bonds is 1. The molecule has 0 aliphatic carbocycles. The second-order valence-electron chi connectivity index (χ2n) is 3.92. The van der Waals surface area contributed by atoms with Gasteiger partial charge >= 0.3 is 0 Å². The van der Waals surface area contributed by atoms with Crippen molar-refractivity contribution in [1.82, 2.24) is 0 Å². The van der Waals surface area contributed by atoms with Crippen LogP contribution in [0.25, 0.3) is 0 Å². The molecule has 0 aliphatic rings. The summed E-state index contributed by atoms with van der Waals surface area (Å²) in [6, 6.07) is 7.30. The molecular weight excluding hydrogens is 182 g/mol. The maximum absolute atomic E-state index is 11.9. The number of anilines is 1. The van der Waals surface area contributed by atoms with E-state index in [2.05, 4.69) is 0 Å². The molecule has 1 aromatic carbocycles. The molecule has 0 saturated carbocycles. The summed E-state index contributed by atoms with van der Waals surface area (Å²) < 4.78 is 11.7. The minimum Gasteiger partial charge on any atom is -0.611 e. The van der Waals surface area contributed by atoms with Crippen LogP contribution < -0.4 is 5.73 Å². The Kier molecular flexibility index (Phi) is 2.88. The first kappa shape index (κ1) is 10.4. The molecule has 1 unspecified atom stereocenters. The Morgan fingerprint density at radius 2 is 1.77 bits per heavy atom. The van der Waals surface area contributed by atoms with Crippen LogP contribution in [-0.2, 0) is 11.2 Å². The molecule has 0 bridgehead atoms. The van der Waals surface area contributed by atoms with Crippen LogP contribution in [0.1, 0.15) is 20.8 Å². The highest BCUT2D eigenvalue weighted by molar-refractivity contribution is 7.92. The fourth-order valence-corrected chi connectivity index (χ4v) is 2.12. The van der Waals surface area contributed by atoms with Gasteiger partial charge in [0, 0.05) is 0 Å². The molecule has 0 aromatic heterocycles. The lowest BCUT2D eigenvalue weighted by atomic mass is 10.3. The first-order valence-corrected chi connectivity index (χ1v) is 5.34. The van der Waals surface area contributed by atoms with Gasteiger partial charge in [-0.15, -0.1) is 0 Å². The van der Waals surface area contributed by atoms with Gasteiger partial charge in [-0.3, -0.25) is 0 Å². The molecule has 72 valence electrons. The largest absolute Gasteiger partial charge is 0.611 e. The topological polar surface area (TPSA) is 49.1 Å². The highest BCUT2D eigenvalue weighted by atomic mass is 32.2. The molecule has 1 atom stereocenters. The highest BCUT2D eigenvalue weighted by Crippen LogP contribution is 2.28. The smallest absolute Gasteiger partial charge is 0.176 e. The lowest BCUT2D eigenvalue weighted by Crippen LogP contribution is -2.28. The van der Waals surface area contributed by atoms with Gasteiger partial charge in [0.1, 0.15) is 4.75 Å². The predicted octanol–water partition coefficient (Wildman–Crippen LogP) is 2.17. The average molecular weight is 197 g/mol. The second-order valence-corrected chi connectivity index (χ2v) is 6.12. The van der Waals surface area contributed by atoms with Crippen LogP contribution in [0, 0.1) is 0 Å². The van der Waals surface area contributed by atoms with E-state index in [0.717, 1.165) is 4.90 Å². The summed E-state index contributed by atoms with van der Waals surface area (Å²) in [5.41, 5.74) is 6.33. The highest BCUT2D eigenvalue weighted by Gasteiger charge is 2.29. The van der Waals surface area contributed by atoms with E-state index in [1.807, 2.05) is 39.0 Å². The van der Waals surface area contributed by atoms with Crippen molar-refractivity contribution in [3.8, 4) is 0 Å². The van der Waals surface area contributed by atoms with Gasteiger partial charge < -0.3 is 10.3 Å². The average Bonchev–Trinajstić information content (AvgIpc) is 2.02. The SMILES string of the molecule is CC(C)(C)[S+]([O-])c1ccccc1N. The second kappa shape index (κ2) is 3.60. The number of para-hydroxylation sites is 1. The van der Waals surface area contributed by atoms with Crippen LogP contribution in [0.3, 0.4) is 0 Å². The summed E-state index contributed by atoms with van der Waals surface area (Å²) in [6.45, 7) is 5.82. The third kappa shape index (κ3) is 2.39. The molecule has 1 rings (SSSR count). The standard InChI is InChI=1S/C10H15NOS/c1-10(2,3)13(12)9-7-5-4-6-8(9)11/h4-7H,11H2,1-3H3. The van der Waals surface area contributed by atoms with Gasteiger partial charge in [0.25, 0.3) is 0 Å². The Hall–Kier alpha value is -0.670. The molecule has 0 amide bonds. The third-order valence-electron chi connectivity index (χ3n) is 1.67. The third-order valence-corrected chi connectivity index (χ3v) is 3.56. The van der Waals surface area contributed by atoms with Crippen molar-refractivity contribution < 1.29 is 4.55 Å². The van der Waals surface area contributed by atoms with Crippen molar-refractivity contribution >= 4 is 16.9 Å². The van der Waals surface area contributed by atoms with Crippen molar-refractivity contribution in [2.75, 3.05) is 5.73 Å². The van der Waals surface area contributed by atoms with Crippen LogP contribution >= 0.6 is 0 Å². The first-order valence-electron chi connectivity index (χ1n) is 4.19. The first-order chi connectivity index (χ1) is 5.93. The van der Waals surface area contributed by atoms with Crippen LogP contribution in [0.4, 0.5) is 5.69 Å². The summed E-state index contributed by atoms with van der Waals surface area (Å²) >= 11 is -1.04. The Morgan fingerprint density at radius 3 is 2.23 bits per heavy atom. The van der Waals surface area contributed by atoms with E-state index in [1.54, 1.807) is 6.07 Å². The van der Waals surface area contributed by atoms with E-state index in [-0.39, 0.29) is 4.75 Å². The molecule has 13 heavy (non-hydrogen) atoms. The van der Waals surface area contributed by atoms with Gasteiger partial charge in [0.2, 0.25) is 0 Å². The van der Waals surface area contributed by atoms with E-state index >= 15 is 0 Å². The van der Waals surface area contributed by atoms with Gasteiger partial charge in [0.05, 0.1) is 5.69 Å². The number of nitrogens with two attached hydrogens (primary N) is 1. The lowest BCUT2D eigenvalue weighted by Gasteiger charge is -2.24. The van der Waals surface area contributed by atoms with E-state index in [1.165, 1.54) is 0 Å². The number of benzene rings is 1.